The lowest BCUT2D eigenvalue weighted by Gasteiger charge is -2.13. The van der Waals surface area contributed by atoms with Gasteiger partial charge in [0.2, 0.25) is 0 Å². The van der Waals surface area contributed by atoms with Gasteiger partial charge in [-0.05, 0) is 55.3 Å². The zero-order valence-corrected chi connectivity index (χ0v) is 17.5. The Morgan fingerprint density at radius 1 is 1.10 bits per heavy atom. The molecule has 0 radical (unpaired) electrons. The largest absolute Gasteiger partial charge is 0.507 e. The number of carbonyl (C=O) groups is 2. The van der Waals surface area contributed by atoms with Gasteiger partial charge in [-0.1, -0.05) is 24.4 Å². The highest BCUT2D eigenvalue weighted by Crippen LogP contribution is 2.24. The molecule has 0 aromatic heterocycles. The molecule has 0 unspecified atom stereocenters. The molecule has 0 spiro atoms. The molecular formula is C20H21ClN2O6S. The SMILES string of the molecule is O=C(COC(=O)c1cc(S(=O)(=O)Nc2ccc(Cl)cc2)ccc1O)NC1CCCC1. The molecule has 1 amide bonds. The highest BCUT2D eigenvalue weighted by atomic mass is 35.5. The second-order valence-corrected chi connectivity index (χ2v) is 9.04. The molecular weight excluding hydrogens is 432 g/mol. The summed E-state index contributed by atoms with van der Waals surface area (Å²) in [5.41, 5.74) is -0.0807. The first-order valence-corrected chi connectivity index (χ1v) is 11.2. The maximum Gasteiger partial charge on any atom is 0.342 e. The number of rotatable bonds is 7. The van der Waals surface area contributed by atoms with Crippen LogP contribution in [0, 0.1) is 0 Å². The Balaban J connectivity index is 1.68. The number of carbonyl (C=O) groups excluding carboxylic acids is 2. The molecule has 1 aliphatic rings. The molecule has 3 N–H and O–H groups in total. The first-order chi connectivity index (χ1) is 14.2. The van der Waals surface area contributed by atoms with E-state index in [0.717, 1.165) is 43.9 Å². The van der Waals surface area contributed by atoms with Gasteiger partial charge in [-0.15, -0.1) is 0 Å². The zero-order chi connectivity index (χ0) is 21.7. The van der Waals surface area contributed by atoms with E-state index in [2.05, 4.69) is 10.0 Å². The number of sulfonamides is 1. The quantitative estimate of drug-likeness (QED) is 0.555. The molecule has 2 aromatic carbocycles. The second-order valence-electron chi connectivity index (χ2n) is 6.92. The summed E-state index contributed by atoms with van der Waals surface area (Å²) in [5.74, 6) is -1.90. The summed E-state index contributed by atoms with van der Waals surface area (Å²) in [6, 6.07) is 9.31. The van der Waals surface area contributed by atoms with E-state index in [1.165, 1.54) is 24.3 Å². The van der Waals surface area contributed by atoms with Gasteiger partial charge in [-0.3, -0.25) is 9.52 Å². The number of amides is 1. The third kappa shape index (κ3) is 5.64. The topological polar surface area (TPSA) is 122 Å². The molecule has 0 aliphatic heterocycles. The molecule has 3 rings (SSSR count). The predicted molar refractivity (Wildman–Crippen MR) is 111 cm³/mol. The van der Waals surface area contributed by atoms with Crippen molar-refractivity contribution in [1.29, 1.82) is 0 Å². The van der Waals surface area contributed by atoms with Gasteiger partial charge < -0.3 is 15.2 Å². The third-order valence-corrected chi connectivity index (χ3v) is 6.28. The van der Waals surface area contributed by atoms with Crippen molar-refractivity contribution in [3.8, 4) is 5.75 Å². The summed E-state index contributed by atoms with van der Waals surface area (Å²) in [4.78, 5) is 23.9. The van der Waals surface area contributed by atoms with Crippen molar-refractivity contribution in [3.05, 3.63) is 53.1 Å². The minimum absolute atomic E-state index is 0.0806. The molecule has 0 atom stereocenters. The Morgan fingerprint density at radius 2 is 1.77 bits per heavy atom. The summed E-state index contributed by atoms with van der Waals surface area (Å²) in [5, 5.41) is 13.2. The van der Waals surface area contributed by atoms with E-state index in [4.69, 9.17) is 16.3 Å². The number of hydrogen-bond donors (Lipinski definition) is 3. The van der Waals surface area contributed by atoms with Crippen molar-refractivity contribution in [2.24, 2.45) is 0 Å². The van der Waals surface area contributed by atoms with Crippen LogP contribution in [0.1, 0.15) is 36.0 Å². The van der Waals surface area contributed by atoms with Gasteiger partial charge in [0.1, 0.15) is 11.3 Å². The first-order valence-electron chi connectivity index (χ1n) is 9.32. The van der Waals surface area contributed by atoms with Gasteiger partial charge in [0, 0.05) is 16.8 Å². The minimum Gasteiger partial charge on any atom is -0.507 e. The van der Waals surface area contributed by atoms with Crippen molar-refractivity contribution < 1.29 is 27.9 Å². The van der Waals surface area contributed by atoms with E-state index in [9.17, 15) is 23.1 Å². The maximum absolute atomic E-state index is 12.6. The van der Waals surface area contributed by atoms with Gasteiger partial charge in [0.25, 0.3) is 15.9 Å². The predicted octanol–water partition coefficient (Wildman–Crippen LogP) is 3.06. The second kappa shape index (κ2) is 9.36. The lowest BCUT2D eigenvalue weighted by atomic mass is 10.2. The van der Waals surface area contributed by atoms with E-state index in [0.29, 0.717) is 5.02 Å². The Bertz CT molecular complexity index is 1030. The molecule has 0 heterocycles. The van der Waals surface area contributed by atoms with Crippen molar-refractivity contribution in [1.82, 2.24) is 5.32 Å². The van der Waals surface area contributed by atoms with Crippen LogP contribution in [0.5, 0.6) is 5.75 Å². The summed E-state index contributed by atoms with van der Waals surface area (Å²) >= 11 is 5.79. The normalized spacial score (nSPS) is 14.3. The van der Waals surface area contributed by atoms with Crippen LogP contribution in [0.25, 0.3) is 0 Å². The fraction of sp³-hybridized carbons (Fsp3) is 0.300. The van der Waals surface area contributed by atoms with Gasteiger partial charge in [0.05, 0.1) is 4.90 Å². The van der Waals surface area contributed by atoms with Gasteiger partial charge >= 0.3 is 5.97 Å². The Labute approximate surface area is 179 Å². The lowest BCUT2D eigenvalue weighted by Crippen LogP contribution is -2.35. The molecule has 1 aliphatic carbocycles. The Morgan fingerprint density at radius 3 is 2.43 bits per heavy atom. The summed E-state index contributed by atoms with van der Waals surface area (Å²) in [7, 11) is -4.04. The Kier molecular flexibility index (Phi) is 6.84. The molecule has 10 heteroatoms. The van der Waals surface area contributed by atoms with Crippen LogP contribution in [0.4, 0.5) is 5.69 Å². The van der Waals surface area contributed by atoms with Gasteiger partial charge in [-0.2, -0.15) is 0 Å². The highest BCUT2D eigenvalue weighted by Gasteiger charge is 2.22. The molecule has 8 nitrogen and oxygen atoms in total. The molecule has 0 saturated heterocycles. The number of esters is 1. The van der Waals surface area contributed by atoms with Crippen molar-refractivity contribution in [3.63, 3.8) is 0 Å². The maximum atomic E-state index is 12.6. The van der Waals surface area contributed by atoms with Gasteiger partial charge in [0.15, 0.2) is 6.61 Å². The number of phenolic OH excluding ortho intramolecular Hbond substituents is 1. The number of hydrogen-bond acceptors (Lipinski definition) is 6. The molecule has 1 saturated carbocycles. The average molecular weight is 453 g/mol. The minimum atomic E-state index is -4.04. The van der Waals surface area contributed by atoms with Crippen molar-refractivity contribution >= 4 is 39.2 Å². The summed E-state index contributed by atoms with van der Waals surface area (Å²) in [6.45, 7) is -0.519. The molecule has 1 fully saturated rings. The number of ether oxygens (including phenoxy) is 1. The number of anilines is 1. The fourth-order valence-electron chi connectivity index (χ4n) is 3.13. The molecule has 160 valence electrons. The third-order valence-electron chi connectivity index (χ3n) is 4.65. The summed E-state index contributed by atoms with van der Waals surface area (Å²) in [6.07, 6.45) is 3.87. The van der Waals surface area contributed by atoms with Gasteiger partial charge in [-0.25, -0.2) is 13.2 Å². The van der Waals surface area contributed by atoms with Crippen LogP contribution in [0.2, 0.25) is 5.02 Å². The van der Waals surface area contributed by atoms with E-state index in [1.54, 1.807) is 0 Å². The standard InChI is InChI=1S/C20H21ClN2O6S/c21-13-5-7-15(8-6-13)23-30(27,28)16-9-10-18(24)17(11-16)20(26)29-12-19(25)22-14-3-1-2-4-14/h5-11,14,23-24H,1-4,12H2,(H,22,25). The van der Waals surface area contributed by atoms with Crippen LogP contribution in [-0.2, 0) is 19.6 Å². The highest BCUT2D eigenvalue weighted by molar-refractivity contribution is 7.92. The monoisotopic (exact) mass is 452 g/mol. The van der Waals surface area contributed by atoms with E-state index in [-0.39, 0.29) is 22.2 Å². The number of aromatic hydroxyl groups is 1. The van der Waals surface area contributed by atoms with Crippen LogP contribution >= 0.6 is 11.6 Å². The van der Waals surface area contributed by atoms with E-state index >= 15 is 0 Å². The van der Waals surface area contributed by atoms with Crippen molar-refractivity contribution in [2.75, 3.05) is 11.3 Å². The number of halogens is 1. The van der Waals surface area contributed by atoms with Crippen LogP contribution < -0.4 is 10.0 Å². The van der Waals surface area contributed by atoms with E-state index in [1.807, 2.05) is 0 Å². The fourth-order valence-corrected chi connectivity index (χ4v) is 4.34. The lowest BCUT2D eigenvalue weighted by molar-refractivity contribution is -0.124. The van der Waals surface area contributed by atoms with Crippen LogP contribution in [-0.4, -0.2) is 38.0 Å². The molecule has 30 heavy (non-hydrogen) atoms. The molecule has 2 aromatic rings. The number of benzene rings is 2. The van der Waals surface area contributed by atoms with Crippen molar-refractivity contribution in [2.45, 2.75) is 36.6 Å². The zero-order valence-electron chi connectivity index (χ0n) is 15.9. The van der Waals surface area contributed by atoms with Crippen LogP contribution in [0.15, 0.2) is 47.4 Å². The first kappa shape index (κ1) is 21.9. The molecule has 0 bridgehead atoms. The average Bonchev–Trinajstić information content (AvgIpc) is 3.21. The Hall–Kier alpha value is -2.78. The number of phenols is 1. The van der Waals surface area contributed by atoms with E-state index < -0.39 is 34.3 Å². The number of nitrogens with one attached hydrogen (secondary N) is 2. The smallest absolute Gasteiger partial charge is 0.342 e. The summed E-state index contributed by atoms with van der Waals surface area (Å²) < 4.78 is 32.5. The van der Waals surface area contributed by atoms with Crippen LogP contribution in [0.3, 0.4) is 0 Å².